The SMILES string of the molecule is C[C@H]1[C@H](NC(=O)c2ccc(Oc3ccc[nH]3)cc2)C2CCN1CC2. The molecule has 3 saturated heterocycles. The summed E-state index contributed by atoms with van der Waals surface area (Å²) in [6, 6.07) is 11.7. The number of carbonyl (C=O) groups is 1. The average Bonchev–Trinajstić information content (AvgIpc) is 3.12. The minimum atomic E-state index is 0.00650. The molecule has 0 aliphatic carbocycles. The first-order valence-electron chi connectivity index (χ1n) is 8.67. The zero-order valence-corrected chi connectivity index (χ0v) is 13.9. The number of H-pyrrole nitrogens is 1. The van der Waals surface area contributed by atoms with E-state index in [1.54, 1.807) is 0 Å². The molecule has 0 saturated carbocycles. The summed E-state index contributed by atoms with van der Waals surface area (Å²) in [5.41, 5.74) is 0.678. The van der Waals surface area contributed by atoms with Crippen molar-refractivity contribution in [2.24, 2.45) is 5.92 Å². The highest BCUT2D eigenvalue weighted by molar-refractivity contribution is 5.94. The topological polar surface area (TPSA) is 57.4 Å². The number of piperidine rings is 3. The van der Waals surface area contributed by atoms with Gasteiger partial charge in [-0.2, -0.15) is 0 Å². The van der Waals surface area contributed by atoms with Crippen molar-refractivity contribution in [2.75, 3.05) is 13.1 Å². The first kappa shape index (κ1) is 15.3. The Balaban J connectivity index is 1.41. The van der Waals surface area contributed by atoms with Gasteiger partial charge in [0, 0.05) is 29.9 Å². The molecule has 2 aromatic rings. The number of hydrogen-bond acceptors (Lipinski definition) is 3. The normalized spacial score (nSPS) is 28.5. The predicted molar refractivity (Wildman–Crippen MR) is 92.3 cm³/mol. The van der Waals surface area contributed by atoms with Gasteiger partial charge in [0.1, 0.15) is 5.75 Å². The molecule has 1 aromatic heterocycles. The second-order valence-corrected chi connectivity index (χ2v) is 6.77. The third kappa shape index (κ3) is 2.91. The molecule has 0 spiro atoms. The lowest BCUT2D eigenvalue weighted by Gasteiger charge is -2.49. The van der Waals surface area contributed by atoms with E-state index < -0.39 is 0 Å². The summed E-state index contributed by atoms with van der Waals surface area (Å²) in [7, 11) is 0. The molecular formula is C19H23N3O2. The average molecular weight is 325 g/mol. The van der Waals surface area contributed by atoms with Gasteiger partial charge in [0.05, 0.1) is 0 Å². The minimum absolute atomic E-state index is 0.00650. The maximum Gasteiger partial charge on any atom is 0.251 e. The van der Waals surface area contributed by atoms with E-state index in [9.17, 15) is 4.79 Å². The third-order valence-electron chi connectivity index (χ3n) is 5.39. The number of nitrogens with one attached hydrogen (secondary N) is 2. The van der Waals surface area contributed by atoms with Crippen molar-refractivity contribution in [3.8, 4) is 11.6 Å². The van der Waals surface area contributed by atoms with E-state index in [4.69, 9.17) is 4.74 Å². The molecule has 2 bridgehead atoms. The summed E-state index contributed by atoms with van der Waals surface area (Å²) in [6.07, 6.45) is 4.20. The van der Waals surface area contributed by atoms with Gasteiger partial charge in [0.15, 0.2) is 5.88 Å². The molecular weight excluding hydrogens is 302 g/mol. The van der Waals surface area contributed by atoms with Crippen LogP contribution < -0.4 is 10.1 Å². The lowest BCUT2D eigenvalue weighted by molar-refractivity contribution is 0.0217. The van der Waals surface area contributed by atoms with Gasteiger partial charge in [-0.05, 0) is 69.1 Å². The van der Waals surface area contributed by atoms with Gasteiger partial charge in [0.2, 0.25) is 0 Å². The Bertz CT molecular complexity index is 686. The highest BCUT2D eigenvalue weighted by Crippen LogP contribution is 2.32. The summed E-state index contributed by atoms with van der Waals surface area (Å²) >= 11 is 0. The first-order chi connectivity index (χ1) is 11.7. The monoisotopic (exact) mass is 325 g/mol. The number of aromatic nitrogens is 1. The van der Waals surface area contributed by atoms with Gasteiger partial charge in [0.25, 0.3) is 5.91 Å². The highest BCUT2D eigenvalue weighted by atomic mass is 16.5. The maximum absolute atomic E-state index is 12.6. The van der Waals surface area contributed by atoms with Crippen LogP contribution in [0.25, 0.3) is 0 Å². The lowest BCUT2D eigenvalue weighted by atomic mass is 9.79. The van der Waals surface area contributed by atoms with Crippen molar-refractivity contribution < 1.29 is 9.53 Å². The Hall–Kier alpha value is -2.27. The molecule has 126 valence electrons. The summed E-state index contributed by atoms with van der Waals surface area (Å²) < 4.78 is 5.67. The van der Waals surface area contributed by atoms with Crippen molar-refractivity contribution >= 4 is 5.91 Å². The van der Waals surface area contributed by atoms with Crippen molar-refractivity contribution in [1.29, 1.82) is 0 Å². The summed E-state index contributed by atoms with van der Waals surface area (Å²) in [5, 5.41) is 3.25. The minimum Gasteiger partial charge on any atom is -0.441 e. The van der Waals surface area contributed by atoms with Crippen molar-refractivity contribution in [1.82, 2.24) is 15.2 Å². The van der Waals surface area contributed by atoms with Crippen LogP contribution >= 0.6 is 0 Å². The molecule has 3 fully saturated rings. The van der Waals surface area contributed by atoms with Gasteiger partial charge < -0.3 is 15.0 Å². The molecule has 5 rings (SSSR count). The molecule has 2 N–H and O–H groups in total. The number of benzene rings is 1. The van der Waals surface area contributed by atoms with Crippen LogP contribution in [0.15, 0.2) is 42.6 Å². The molecule has 0 radical (unpaired) electrons. The van der Waals surface area contributed by atoms with Crippen LogP contribution in [0, 0.1) is 5.92 Å². The summed E-state index contributed by atoms with van der Waals surface area (Å²) in [5.74, 6) is 2.02. The second-order valence-electron chi connectivity index (χ2n) is 6.77. The fourth-order valence-electron chi connectivity index (χ4n) is 3.96. The van der Waals surface area contributed by atoms with Crippen LogP contribution in [-0.2, 0) is 0 Å². The molecule has 4 heterocycles. The first-order valence-corrected chi connectivity index (χ1v) is 8.67. The second kappa shape index (κ2) is 6.32. The summed E-state index contributed by atoms with van der Waals surface area (Å²) in [6.45, 7) is 4.57. The van der Waals surface area contributed by atoms with Crippen LogP contribution in [0.2, 0.25) is 0 Å². The summed E-state index contributed by atoms with van der Waals surface area (Å²) in [4.78, 5) is 18.1. The number of carbonyl (C=O) groups excluding carboxylic acids is 1. The van der Waals surface area contributed by atoms with Gasteiger partial charge >= 0.3 is 0 Å². The molecule has 24 heavy (non-hydrogen) atoms. The predicted octanol–water partition coefficient (Wildman–Crippen LogP) is 3.02. The van der Waals surface area contributed by atoms with E-state index in [-0.39, 0.29) is 11.9 Å². The highest BCUT2D eigenvalue weighted by Gasteiger charge is 2.40. The van der Waals surface area contributed by atoms with Gasteiger partial charge in [-0.15, -0.1) is 0 Å². The van der Waals surface area contributed by atoms with E-state index in [0.29, 0.717) is 29.2 Å². The Morgan fingerprint density at radius 3 is 2.58 bits per heavy atom. The van der Waals surface area contributed by atoms with E-state index in [1.165, 1.54) is 25.9 Å². The van der Waals surface area contributed by atoms with Crippen LogP contribution in [0.4, 0.5) is 0 Å². The zero-order chi connectivity index (χ0) is 16.5. The van der Waals surface area contributed by atoms with Crippen molar-refractivity contribution in [3.63, 3.8) is 0 Å². The van der Waals surface area contributed by atoms with Crippen molar-refractivity contribution in [3.05, 3.63) is 48.2 Å². The number of aromatic amines is 1. The van der Waals surface area contributed by atoms with Crippen LogP contribution in [-0.4, -0.2) is 41.0 Å². The lowest BCUT2D eigenvalue weighted by Crippen LogP contribution is -2.62. The standard InChI is InChI=1S/C19H23N3O2/c1-13-18(14-8-11-22(13)12-9-14)21-19(23)15-4-6-16(7-5-15)24-17-3-2-10-20-17/h2-7,10,13-14,18,20H,8-9,11-12H2,1H3,(H,21,23)/t13-,18-/m0/s1. The smallest absolute Gasteiger partial charge is 0.251 e. The van der Waals surface area contributed by atoms with Crippen LogP contribution in [0.1, 0.15) is 30.1 Å². The fourth-order valence-corrected chi connectivity index (χ4v) is 3.96. The van der Waals surface area contributed by atoms with Gasteiger partial charge in [-0.3, -0.25) is 9.69 Å². The largest absolute Gasteiger partial charge is 0.441 e. The maximum atomic E-state index is 12.6. The van der Waals surface area contributed by atoms with Gasteiger partial charge in [-0.1, -0.05) is 0 Å². The molecule has 1 amide bonds. The Kier molecular flexibility index (Phi) is 4.02. The Morgan fingerprint density at radius 1 is 1.21 bits per heavy atom. The quantitative estimate of drug-likeness (QED) is 0.908. The third-order valence-corrected chi connectivity index (χ3v) is 5.39. The van der Waals surface area contributed by atoms with E-state index in [2.05, 4.69) is 22.1 Å². The molecule has 5 heteroatoms. The zero-order valence-electron chi connectivity index (χ0n) is 13.9. The number of nitrogens with zero attached hydrogens (tertiary/aromatic N) is 1. The number of rotatable bonds is 4. The molecule has 3 aliphatic rings. The van der Waals surface area contributed by atoms with Crippen molar-refractivity contribution in [2.45, 2.75) is 31.8 Å². The molecule has 0 unspecified atom stereocenters. The van der Waals surface area contributed by atoms with Crippen LogP contribution in [0.5, 0.6) is 11.6 Å². The van der Waals surface area contributed by atoms with E-state index in [0.717, 1.165) is 0 Å². The molecule has 2 atom stereocenters. The Labute approximate surface area is 142 Å². The molecule has 5 nitrogen and oxygen atoms in total. The fraction of sp³-hybridized carbons (Fsp3) is 0.421. The number of hydrogen-bond donors (Lipinski definition) is 2. The number of fused-ring (bicyclic) bond motifs is 3. The van der Waals surface area contributed by atoms with Crippen LogP contribution in [0.3, 0.4) is 0 Å². The van der Waals surface area contributed by atoms with E-state index >= 15 is 0 Å². The van der Waals surface area contributed by atoms with E-state index in [1.807, 2.05) is 42.6 Å². The molecule has 1 aromatic carbocycles. The molecule has 3 aliphatic heterocycles. The van der Waals surface area contributed by atoms with Gasteiger partial charge in [-0.25, -0.2) is 0 Å². The number of amides is 1. The Morgan fingerprint density at radius 2 is 1.96 bits per heavy atom. The number of ether oxygens (including phenoxy) is 1.